The average Bonchev–Trinajstić information content (AvgIpc) is 2.73. The molecule has 0 heterocycles. The highest BCUT2D eigenvalue weighted by Gasteiger charge is 2.33. The summed E-state index contributed by atoms with van der Waals surface area (Å²) in [6, 6.07) is 4.33. The quantitative estimate of drug-likeness (QED) is 0.885. The lowest BCUT2D eigenvalue weighted by Crippen LogP contribution is -2.17. The van der Waals surface area contributed by atoms with Crippen molar-refractivity contribution in [2.24, 2.45) is 5.92 Å². The van der Waals surface area contributed by atoms with Crippen molar-refractivity contribution in [2.75, 3.05) is 0 Å². The maximum Gasteiger partial charge on any atom is 0.416 e. The number of carbonyl (C=O) groups is 1. The Morgan fingerprint density at radius 2 is 1.83 bits per heavy atom. The van der Waals surface area contributed by atoms with E-state index in [-0.39, 0.29) is 5.78 Å². The van der Waals surface area contributed by atoms with Crippen molar-refractivity contribution >= 4 is 5.78 Å². The highest BCUT2D eigenvalue weighted by atomic mass is 19.4. The second kappa shape index (κ2) is 4.72. The number of halogens is 3. The first-order valence-electron chi connectivity index (χ1n) is 5.77. The molecule has 0 amide bonds. The van der Waals surface area contributed by atoms with E-state index in [0.717, 1.165) is 18.6 Å². The van der Waals surface area contributed by atoms with Gasteiger partial charge in [-0.2, -0.15) is 13.2 Å². The van der Waals surface area contributed by atoms with Gasteiger partial charge in [-0.25, -0.2) is 0 Å². The number of Topliss-reactive ketones (excluding diaryl/α,β-unsaturated/α-hetero) is 1. The molecule has 98 valence electrons. The summed E-state index contributed by atoms with van der Waals surface area (Å²) in [6.07, 6.45) is -3.60. The molecule has 0 bridgehead atoms. The van der Waals surface area contributed by atoms with Crippen molar-refractivity contribution in [3.63, 3.8) is 0 Å². The molecule has 1 N–H and O–H groups in total. The van der Waals surface area contributed by atoms with E-state index in [0.29, 0.717) is 18.4 Å². The maximum atomic E-state index is 12.4. The van der Waals surface area contributed by atoms with Crippen LogP contribution >= 0.6 is 0 Å². The average molecular weight is 258 g/mol. The summed E-state index contributed by atoms with van der Waals surface area (Å²) >= 11 is 0. The molecular weight excluding hydrogens is 245 g/mol. The molecule has 2 atom stereocenters. The zero-order chi connectivity index (χ0) is 13.3. The first kappa shape index (κ1) is 13.1. The summed E-state index contributed by atoms with van der Waals surface area (Å²) in [5, 5.41) is 9.98. The van der Waals surface area contributed by atoms with Crippen LogP contribution in [0.15, 0.2) is 24.3 Å². The molecule has 2 nitrogen and oxygen atoms in total. The number of alkyl halides is 3. The first-order chi connectivity index (χ1) is 8.39. The van der Waals surface area contributed by atoms with E-state index < -0.39 is 23.8 Å². The van der Waals surface area contributed by atoms with Gasteiger partial charge in [0.25, 0.3) is 0 Å². The van der Waals surface area contributed by atoms with Crippen LogP contribution in [0.3, 0.4) is 0 Å². The Bertz CT molecular complexity index is 437. The number of aliphatic hydroxyl groups excluding tert-OH is 1. The summed E-state index contributed by atoms with van der Waals surface area (Å²) in [4.78, 5) is 11.5. The van der Waals surface area contributed by atoms with Crippen molar-refractivity contribution in [1.82, 2.24) is 0 Å². The lowest BCUT2D eigenvalue weighted by molar-refractivity contribution is -0.137. The molecule has 0 aromatic heterocycles. The van der Waals surface area contributed by atoms with Gasteiger partial charge in [-0.15, -0.1) is 0 Å². The lowest BCUT2D eigenvalue weighted by Gasteiger charge is -2.17. The normalized spacial score (nSPS) is 22.2. The van der Waals surface area contributed by atoms with E-state index in [9.17, 15) is 23.1 Å². The standard InChI is InChI=1S/C13H13F3O2/c14-13(15,16)9-6-4-8(5-7-9)12(18)10-2-1-3-11(10)17/h4-7,10,12,18H,1-3H2/t10-,12+/m1/s1. The van der Waals surface area contributed by atoms with Crippen LogP contribution < -0.4 is 0 Å². The van der Waals surface area contributed by atoms with Crippen LogP contribution in [-0.4, -0.2) is 10.9 Å². The molecule has 1 aliphatic rings. The van der Waals surface area contributed by atoms with Gasteiger partial charge in [-0.05, 0) is 30.5 Å². The summed E-state index contributed by atoms with van der Waals surface area (Å²) in [5.74, 6) is -0.482. The Labute approximate surface area is 102 Å². The van der Waals surface area contributed by atoms with Crippen molar-refractivity contribution in [1.29, 1.82) is 0 Å². The van der Waals surface area contributed by atoms with Crippen molar-refractivity contribution in [3.05, 3.63) is 35.4 Å². The van der Waals surface area contributed by atoms with Gasteiger partial charge in [0.05, 0.1) is 11.7 Å². The number of hydrogen-bond donors (Lipinski definition) is 1. The molecule has 0 saturated heterocycles. The molecule has 1 saturated carbocycles. The SMILES string of the molecule is O=C1CCC[C@H]1[C@@H](O)c1ccc(C(F)(F)F)cc1. The second-order valence-corrected chi connectivity index (χ2v) is 4.53. The zero-order valence-electron chi connectivity index (χ0n) is 9.57. The molecule has 1 aromatic carbocycles. The van der Waals surface area contributed by atoms with Gasteiger partial charge in [-0.1, -0.05) is 12.1 Å². The van der Waals surface area contributed by atoms with Crippen molar-refractivity contribution < 1.29 is 23.1 Å². The Kier molecular flexibility index (Phi) is 3.43. The number of rotatable bonds is 2. The Balaban J connectivity index is 2.17. The van der Waals surface area contributed by atoms with Crippen LogP contribution in [0.4, 0.5) is 13.2 Å². The number of aliphatic hydroxyl groups is 1. The fraction of sp³-hybridized carbons (Fsp3) is 0.462. The largest absolute Gasteiger partial charge is 0.416 e. The predicted octanol–water partition coefficient (Wildman–Crippen LogP) is 3.11. The molecule has 0 radical (unpaired) electrons. The van der Waals surface area contributed by atoms with E-state index in [1.807, 2.05) is 0 Å². The van der Waals surface area contributed by atoms with E-state index in [2.05, 4.69) is 0 Å². The molecule has 1 aliphatic carbocycles. The van der Waals surface area contributed by atoms with Crippen LogP contribution in [-0.2, 0) is 11.0 Å². The highest BCUT2D eigenvalue weighted by Crippen LogP contribution is 2.35. The van der Waals surface area contributed by atoms with E-state index in [1.165, 1.54) is 12.1 Å². The second-order valence-electron chi connectivity index (χ2n) is 4.53. The molecule has 2 rings (SSSR count). The fourth-order valence-corrected chi connectivity index (χ4v) is 2.28. The Morgan fingerprint density at radius 3 is 2.28 bits per heavy atom. The van der Waals surface area contributed by atoms with Gasteiger partial charge >= 0.3 is 6.18 Å². The first-order valence-corrected chi connectivity index (χ1v) is 5.77. The Hall–Kier alpha value is -1.36. The van der Waals surface area contributed by atoms with Gasteiger partial charge in [0, 0.05) is 12.3 Å². The van der Waals surface area contributed by atoms with Gasteiger partial charge < -0.3 is 5.11 Å². The molecule has 0 unspecified atom stereocenters. The topological polar surface area (TPSA) is 37.3 Å². The highest BCUT2D eigenvalue weighted by molar-refractivity contribution is 5.83. The molecule has 1 fully saturated rings. The van der Waals surface area contributed by atoms with E-state index >= 15 is 0 Å². The number of hydrogen-bond acceptors (Lipinski definition) is 2. The van der Waals surface area contributed by atoms with Crippen LogP contribution in [0.1, 0.15) is 36.5 Å². The summed E-state index contributed by atoms with van der Waals surface area (Å²) in [7, 11) is 0. The summed E-state index contributed by atoms with van der Waals surface area (Å²) in [5.41, 5.74) is -0.389. The third-order valence-corrected chi connectivity index (χ3v) is 3.31. The molecule has 5 heteroatoms. The Morgan fingerprint density at radius 1 is 1.22 bits per heavy atom. The molecule has 0 spiro atoms. The van der Waals surface area contributed by atoms with Crippen LogP contribution in [0.25, 0.3) is 0 Å². The smallest absolute Gasteiger partial charge is 0.388 e. The molecule has 1 aromatic rings. The maximum absolute atomic E-state index is 12.4. The summed E-state index contributed by atoms with van der Waals surface area (Å²) in [6.45, 7) is 0. The molecule has 18 heavy (non-hydrogen) atoms. The number of ketones is 1. The fourth-order valence-electron chi connectivity index (χ4n) is 2.28. The summed E-state index contributed by atoms with van der Waals surface area (Å²) < 4.78 is 37.1. The predicted molar refractivity (Wildman–Crippen MR) is 58.8 cm³/mol. The van der Waals surface area contributed by atoms with Crippen LogP contribution in [0.2, 0.25) is 0 Å². The zero-order valence-corrected chi connectivity index (χ0v) is 9.57. The number of carbonyl (C=O) groups excluding carboxylic acids is 1. The lowest BCUT2D eigenvalue weighted by atomic mass is 9.93. The van der Waals surface area contributed by atoms with Crippen molar-refractivity contribution in [3.8, 4) is 0 Å². The minimum absolute atomic E-state index is 0.0117. The molecular formula is C13H13F3O2. The van der Waals surface area contributed by atoms with Crippen LogP contribution in [0.5, 0.6) is 0 Å². The van der Waals surface area contributed by atoms with E-state index in [4.69, 9.17) is 0 Å². The molecule has 0 aliphatic heterocycles. The van der Waals surface area contributed by atoms with Crippen LogP contribution in [0, 0.1) is 5.92 Å². The van der Waals surface area contributed by atoms with E-state index in [1.54, 1.807) is 0 Å². The van der Waals surface area contributed by atoms with Gasteiger partial charge in [0.15, 0.2) is 0 Å². The number of benzene rings is 1. The third-order valence-electron chi connectivity index (χ3n) is 3.31. The monoisotopic (exact) mass is 258 g/mol. The van der Waals surface area contributed by atoms with Crippen molar-refractivity contribution in [2.45, 2.75) is 31.5 Å². The minimum Gasteiger partial charge on any atom is -0.388 e. The van der Waals surface area contributed by atoms with Gasteiger partial charge in [0.2, 0.25) is 0 Å². The van der Waals surface area contributed by atoms with Gasteiger partial charge in [0.1, 0.15) is 5.78 Å². The van der Waals surface area contributed by atoms with Gasteiger partial charge in [-0.3, -0.25) is 4.79 Å². The minimum atomic E-state index is -4.38. The third kappa shape index (κ3) is 2.56.